The van der Waals surface area contributed by atoms with Crippen molar-refractivity contribution in [2.24, 2.45) is 0 Å². The van der Waals surface area contributed by atoms with E-state index in [1.807, 2.05) is 6.92 Å². The van der Waals surface area contributed by atoms with Crippen molar-refractivity contribution in [3.8, 4) is 11.5 Å². The molecule has 0 radical (unpaired) electrons. The highest BCUT2D eigenvalue weighted by atomic mass is 16.4. The molecule has 3 rings (SSSR count). The second-order valence-electron chi connectivity index (χ2n) is 4.87. The van der Waals surface area contributed by atoms with Crippen LogP contribution in [0.4, 0.5) is 0 Å². The van der Waals surface area contributed by atoms with Gasteiger partial charge in [-0.05, 0) is 19.8 Å². The molecule has 2 N–H and O–H groups in total. The lowest BCUT2D eigenvalue weighted by Crippen LogP contribution is -2.19. The Kier molecular flexibility index (Phi) is 3.16. The summed E-state index contributed by atoms with van der Waals surface area (Å²) in [6.07, 6.45) is 4.81. The van der Waals surface area contributed by atoms with Crippen LogP contribution in [0, 0.1) is 6.92 Å². The molecular weight excluding hydrogens is 244 g/mol. The number of H-pyrrole nitrogens is 1. The highest BCUT2D eigenvalue weighted by molar-refractivity contribution is 5.50. The molecule has 1 saturated carbocycles. The van der Waals surface area contributed by atoms with E-state index >= 15 is 0 Å². The quantitative estimate of drug-likeness (QED) is 0.838. The zero-order valence-electron chi connectivity index (χ0n) is 10.8. The van der Waals surface area contributed by atoms with E-state index in [-0.39, 0.29) is 11.3 Å². The predicted octanol–water partition coefficient (Wildman–Crippen LogP) is 1.03. The predicted molar refractivity (Wildman–Crippen MR) is 69.8 cm³/mol. The Labute approximate surface area is 110 Å². The molecule has 0 unspecified atom stereocenters. The average Bonchev–Trinajstić information content (AvgIpc) is 3.07. The number of nitrogens with one attached hydrogen (secondary N) is 2. The highest BCUT2D eigenvalue weighted by Gasteiger charge is 2.20. The zero-order valence-corrected chi connectivity index (χ0v) is 10.8. The molecule has 0 saturated heterocycles. The van der Waals surface area contributed by atoms with Crippen LogP contribution in [-0.4, -0.2) is 27.8 Å². The van der Waals surface area contributed by atoms with Crippen LogP contribution in [0.3, 0.4) is 0 Å². The van der Waals surface area contributed by atoms with E-state index in [0.29, 0.717) is 23.9 Å². The second-order valence-corrected chi connectivity index (χ2v) is 4.87. The maximum atomic E-state index is 11.8. The average molecular weight is 260 g/mol. The Balaban J connectivity index is 1.70. The molecule has 2 heterocycles. The van der Waals surface area contributed by atoms with Crippen molar-refractivity contribution < 1.29 is 4.42 Å². The van der Waals surface area contributed by atoms with E-state index in [4.69, 9.17) is 4.42 Å². The van der Waals surface area contributed by atoms with Crippen molar-refractivity contribution in [2.45, 2.75) is 32.2 Å². The van der Waals surface area contributed by atoms with Gasteiger partial charge in [0.15, 0.2) is 5.43 Å². The van der Waals surface area contributed by atoms with Gasteiger partial charge in [0, 0.05) is 37.0 Å². The van der Waals surface area contributed by atoms with E-state index < -0.39 is 0 Å². The summed E-state index contributed by atoms with van der Waals surface area (Å²) in [5.74, 6) is 0.839. The van der Waals surface area contributed by atoms with E-state index in [1.165, 1.54) is 18.9 Å². The Morgan fingerprint density at radius 1 is 1.47 bits per heavy atom. The topological polar surface area (TPSA) is 83.8 Å². The van der Waals surface area contributed by atoms with Crippen molar-refractivity contribution in [1.29, 1.82) is 0 Å². The van der Waals surface area contributed by atoms with Crippen molar-refractivity contribution >= 4 is 0 Å². The zero-order chi connectivity index (χ0) is 13.2. The SMILES string of the molecule is Cc1cc(=O)c(-c2nnc(CCNC3CC3)o2)c[nH]1. The number of nitrogens with zero attached hydrogens (tertiary/aromatic N) is 2. The third-order valence-corrected chi connectivity index (χ3v) is 3.10. The molecule has 2 aromatic rings. The first-order chi connectivity index (χ1) is 9.22. The Bertz CT molecular complexity index is 628. The molecule has 1 aliphatic carbocycles. The summed E-state index contributed by atoms with van der Waals surface area (Å²) in [5.41, 5.74) is 1.11. The molecule has 0 atom stereocenters. The second kappa shape index (κ2) is 4.97. The van der Waals surface area contributed by atoms with Gasteiger partial charge in [0.25, 0.3) is 5.89 Å². The van der Waals surface area contributed by atoms with Gasteiger partial charge in [-0.3, -0.25) is 4.79 Å². The number of pyridine rings is 1. The Hall–Kier alpha value is -1.95. The summed E-state index contributed by atoms with van der Waals surface area (Å²) in [4.78, 5) is 14.8. The number of aromatic amines is 1. The number of hydrogen-bond acceptors (Lipinski definition) is 5. The van der Waals surface area contributed by atoms with Gasteiger partial charge in [-0.1, -0.05) is 0 Å². The van der Waals surface area contributed by atoms with Gasteiger partial charge in [-0.25, -0.2) is 0 Å². The maximum absolute atomic E-state index is 11.8. The largest absolute Gasteiger partial charge is 0.420 e. The molecule has 0 aliphatic heterocycles. The van der Waals surface area contributed by atoms with Crippen LogP contribution >= 0.6 is 0 Å². The van der Waals surface area contributed by atoms with Crippen LogP contribution in [0.25, 0.3) is 11.5 Å². The van der Waals surface area contributed by atoms with Gasteiger partial charge in [0.1, 0.15) is 5.56 Å². The van der Waals surface area contributed by atoms with Gasteiger partial charge < -0.3 is 14.7 Å². The van der Waals surface area contributed by atoms with Crippen molar-refractivity contribution in [2.75, 3.05) is 6.54 Å². The fourth-order valence-electron chi connectivity index (χ4n) is 1.87. The fourth-order valence-corrected chi connectivity index (χ4v) is 1.87. The fraction of sp³-hybridized carbons (Fsp3) is 0.462. The molecule has 0 amide bonds. The summed E-state index contributed by atoms with van der Waals surface area (Å²) in [5, 5.41) is 11.3. The molecule has 0 aromatic carbocycles. The molecule has 1 fully saturated rings. The summed E-state index contributed by atoms with van der Waals surface area (Å²) >= 11 is 0. The van der Waals surface area contributed by atoms with Crippen LogP contribution < -0.4 is 10.7 Å². The van der Waals surface area contributed by atoms with Crippen LogP contribution in [0.1, 0.15) is 24.4 Å². The van der Waals surface area contributed by atoms with Gasteiger partial charge in [0.2, 0.25) is 5.89 Å². The molecule has 6 nitrogen and oxygen atoms in total. The van der Waals surface area contributed by atoms with Crippen LogP contribution in [-0.2, 0) is 6.42 Å². The minimum Gasteiger partial charge on any atom is -0.420 e. The first-order valence-corrected chi connectivity index (χ1v) is 6.48. The number of aryl methyl sites for hydroxylation is 1. The molecule has 19 heavy (non-hydrogen) atoms. The lowest BCUT2D eigenvalue weighted by molar-refractivity contribution is 0.493. The molecule has 0 bridgehead atoms. The van der Waals surface area contributed by atoms with E-state index in [9.17, 15) is 4.79 Å². The Morgan fingerprint density at radius 3 is 3.05 bits per heavy atom. The van der Waals surface area contributed by atoms with Gasteiger partial charge in [-0.15, -0.1) is 10.2 Å². The Morgan fingerprint density at radius 2 is 2.32 bits per heavy atom. The van der Waals surface area contributed by atoms with Gasteiger partial charge >= 0.3 is 0 Å². The monoisotopic (exact) mass is 260 g/mol. The number of hydrogen-bond donors (Lipinski definition) is 2. The summed E-state index contributed by atoms with van der Waals surface area (Å²) in [7, 11) is 0. The summed E-state index contributed by atoms with van der Waals surface area (Å²) < 4.78 is 5.51. The van der Waals surface area contributed by atoms with E-state index in [0.717, 1.165) is 12.2 Å². The molecule has 0 spiro atoms. The van der Waals surface area contributed by atoms with Crippen LogP contribution in [0.5, 0.6) is 0 Å². The lowest BCUT2D eigenvalue weighted by atomic mass is 10.2. The molecular formula is C13H16N4O2. The maximum Gasteiger partial charge on any atom is 0.253 e. The lowest BCUT2D eigenvalue weighted by Gasteiger charge is -1.98. The standard InChI is InChI=1S/C13H16N4O2/c1-8-6-11(18)10(7-15-8)13-17-16-12(19-13)4-5-14-9-2-3-9/h6-7,9,14H,2-5H2,1H3,(H,15,18). The molecule has 6 heteroatoms. The van der Waals surface area contributed by atoms with E-state index in [1.54, 1.807) is 6.20 Å². The first kappa shape index (κ1) is 12.1. The highest BCUT2D eigenvalue weighted by Crippen LogP contribution is 2.18. The third kappa shape index (κ3) is 2.90. The minimum absolute atomic E-state index is 0.109. The van der Waals surface area contributed by atoms with Crippen molar-refractivity contribution in [1.82, 2.24) is 20.5 Å². The normalized spacial score (nSPS) is 14.8. The molecule has 100 valence electrons. The number of rotatable bonds is 5. The van der Waals surface area contributed by atoms with Gasteiger partial charge in [0.05, 0.1) is 0 Å². The van der Waals surface area contributed by atoms with Gasteiger partial charge in [-0.2, -0.15) is 0 Å². The van der Waals surface area contributed by atoms with Crippen LogP contribution in [0.2, 0.25) is 0 Å². The number of aromatic nitrogens is 3. The minimum atomic E-state index is -0.109. The molecule has 2 aromatic heterocycles. The summed E-state index contributed by atoms with van der Waals surface area (Å²) in [6, 6.07) is 2.19. The molecule has 1 aliphatic rings. The smallest absolute Gasteiger partial charge is 0.253 e. The van der Waals surface area contributed by atoms with Crippen LogP contribution in [0.15, 0.2) is 21.5 Å². The van der Waals surface area contributed by atoms with Crippen molar-refractivity contribution in [3.63, 3.8) is 0 Å². The first-order valence-electron chi connectivity index (χ1n) is 6.48. The van der Waals surface area contributed by atoms with E-state index in [2.05, 4.69) is 20.5 Å². The summed E-state index contributed by atoms with van der Waals surface area (Å²) in [6.45, 7) is 2.66. The van der Waals surface area contributed by atoms with Crippen molar-refractivity contribution in [3.05, 3.63) is 34.1 Å². The third-order valence-electron chi connectivity index (χ3n) is 3.10.